The molecule has 0 fully saturated rings. The number of aryl methyl sites for hydroxylation is 1. The Hall–Kier alpha value is -1.62. The van der Waals surface area contributed by atoms with Gasteiger partial charge in [-0.1, -0.05) is 11.3 Å². The van der Waals surface area contributed by atoms with Gasteiger partial charge in [-0.3, -0.25) is 0 Å². The minimum absolute atomic E-state index is 0.730. The van der Waals surface area contributed by atoms with Gasteiger partial charge < -0.3 is 5.43 Å². The molecular weight excluding hydrogens is 154 g/mol. The summed E-state index contributed by atoms with van der Waals surface area (Å²) in [6, 6.07) is 5.68. The fraction of sp³-hybridized carbons (Fsp3) is 0.143. The predicted molar refractivity (Wildman–Crippen MR) is 45.5 cm³/mol. The van der Waals surface area contributed by atoms with Gasteiger partial charge in [0, 0.05) is 0 Å². The molecule has 5 nitrogen and oxygen atoms in total. The number of nitrogens with zero attached hydrogens (tertiary/aromatic N) is 3. The average Bonchev–Trinajstić information content (AvgIpc) is 2.48. The molecule has 2 aromatic rings. The number of nitrogens with one attached hydrogen (secondary N) is 1. The lowest BCUT2D eigenvalue weighted by Crippen LogP contribution is -2.11. The van der Waals surface area contributed by atoms with Crippen LogP contribution in [0.1, 0.15) is 5.69 Å². The highest BCUT2D eigenvalue weighted by Gasteiger charge is 2.02. The van der Waals surface area contributed by atoms with Crippen molar-refractivity contribution in [2.75, 3.05) is 5.43 Å². The zero-order valence-electron chi connectivity index (χ0n) is 6.65. The number of hydrogen-bond donors (Lipinski definition) is 2. The summed E-state index contributed by atoms with van der Waals surface area (Å²) >= 11 is 0. The van der Waals surface area contributed by atoms with Crippen molar-refractivity contribution < 1.29 is 0 Å². The third-order valence-corrected chi connectivity index (χ3v) is 1.77. The number of nitrogens with two attached hydrogens (primary N) is 1. The quantitative estimate of drug-likeness (QED) is 0.469. The van der Waals surface area contributed by atoms with Crippen molar-refractivity contribution in [3.05, 3.63) is 23.9 Å². The highest BCUT2D eigenvalue weighted by atomic mass is 15.4. The van der Waals surface area contributed by atoms with Crippen LogP contribution in [0.4, 0.5) is 5.82 Å². The Balaban J connectivity index is 2.81. The second-order valence-corrected chi connectivity index (χ2v) is 2.53. The van der Waals surface area contributed by atoms with Crippen LogP contribution in [0.5, 0.6) is 0 Å². The van der Waals surface area contributed by atoms with Gasteiger partial charge in [-0.05, 0) is 19.1 Å². The summed E-state index contributed by atoms with van der Waals surface area (Å²) in [7, 11) is 0. The lowest BCUT2D eigenvalue weighted by molar-refractivity contribution is 0.850. The molecule has 0 bridgehead atoms. The summed E-state index contributed by atoms with van der Waals surface area (Å²) in [5.41, 5.74) is 4.40. The third kappa shape index (κ3) is 0.835. The van der Waals surface area contributed by atoms with Gasteiger partial charge in [-0.2, -0.15) is 4.52 Å². The molecule has 62 valence electrons. The van der Waals surface area contributed by atoms with Crippen LogP contribution in [0.2, 0.25) is 0 Å². The van der Waals surface area contributed by atoms with E-state index in [0.717, 1.165) is 17.0 Å². The number of hydrogen-bond acceptors (Lipinski definition) is 4. The summed E-state index contributed by atoms with van der Waals surface area (Å²) in [5, 5.41) is 7.83. The van der Waals surface area contributed by atoms with Crippen molar-refractivity contribution >= 4 is 11.3 Å². The van der Waals surface area contributed by atoms with Gasteiger partial charge in [-0.25, -0.2) is 5.84 Å². The normalized spacial score (nSPS) is 10.5. The number of rotatable bonds is 1. The topological polar surface area (TPSA) is 68.2 Å². The van der Waals surface area contributed by atoms with Crippen molar-refractivity contribution in [1.82, 2.24) is 14.8 Å². The van der Waals surface area contributed by atoms with E-state index in [1.807, 2.05) is 25.1 Å². The van der Waals surface area contributed by atoms with Crippen LogP contribution in [0.15, 0.2) is 18.2 Å². The smallest absolute Gasteiger partial charge is 0.143 e. The maximum Gasteiger partial charge on any atom is 0.143 e. The Labute approximate surface area is 69.2 Å². The second kappa shape index (κ2) is 2.46. The maximum atomic E-state index is 5.29. The van der Waals surface area contributed by atoms with Crippen LogP contribution < -0.4 is 11.3 Å². The van der Waals surface area contributed by atoms with E-state index in [4.69, 9.17) is 5.84 Å². The molecule has 0 saturated carbocycles. The van der Waals surface area contributed by atoms with E-state index in [9.17, 15) is 0 Å². The van der Waals surface area contributed by atoms with E-state index in [-0.39, 0.29) is 0 Å². The molecular formula is C7H9N5. The standard InChI is InChI=1S/C7H9N5/c1-5-6-3-2-4-7(9-8)12(6)11-10-5/h2-4,9H,8H2,1H3. The lowest BCUT2D eigenvalue weighted by Gasteiger charge is -2.00. The van der Waals surface area contributed by atoms with Crippen molar-refractivity contribution in [3.8, 4) is 0 Å². The van der Waals surface area contributed by atoms with Gasteiger partial charge >= 0.3 is 0 Å². The Morgan fingerprint density at radius 3 is 3.08 bits per heavy atom. The van der Waals surface area contributed by atoms with Crippen LogP contribution in [0, 0.1) is 6.92 Å². The van der Waals surface area contributed by atoms with Gasteiger partial charge in [-0.15, -0.1) is 5.10 Å². The lowest BCUT2D eigenvalue weighted by atomic mass is 10.3. The molecule has 5 heteroatoms. The first kappa shape index (κ1) is 7.05. The Kier molecular flexibility index (Phi) is 1.44. The van der Waals surface area contributed by atoms with E-state index in [1.165, 1.54) is 0 Å². The van der Waals surface area contributed by atoms with Crippen molar-refractivity contribution in [3.63, 3.8) is 0 Å². The number of aromatic nitrogens is 3. The molecule has 0 atom stereocenters. The first-order chi connectivity index (χ1) is 5.83. The molecule has 0 aliphatic carbocycles. The summed E-state index contributed by atoms with van der Waals surface area (Å²) in [4.78, 5) is 0. The zero-order valence-corrected chi connectivity index (χ0v) is 6.65. The van der Waals surface area contributed by atoms with Crippen LogP contribution in [0.3, 0.4) is 0 Å². The van der Waals surface area contributed by atoms with Crippen molar-refractivity contribution in [2.45, 2.75) is 6.92 Å². The molecule has 0 spiro atoms. The summed E-state index contributed by atoms with van der Waals surface area (Å²) < 4.78 is 1.66. The van der Waals surface area contributed by atoms with Crippen LogP contribution in [0.25, 0.3) is 5.52 Å². The third-order valence-electron chi connectivity index (χ3n) is 1.77. The first-order valence-corrected chi connectivity index (χ1v) is 3.60. The molecule has 0 amide bonds. The average molecular weight is 163 g/mol. The molecule has 0 aliphatic rings. The summed E-state index contributed by atoms with van der Waals surface area (Å²) in [5.74, 6) is 6.02. The van der Waals surface area contributed by atoms with Gasteiger partial charge in [0.1, 0.15) is 5.82 Å². The molecule has 0 aliphatic heterocycles. The molecule has 3 N–H and O–H groups in total. The first-order valence-electron chi connectivity index (χ1n) is 3.60. The molecule has 0 radical (unpaired) electrons. The van der Waals surface area contributed by atoms with Crippen LogP contribution >= 0.6 is 0 Å². The SMILES string of the molecule is Cc1nnn2c(NN)cccc12. The van der Waals surface area contributed by atoms with Gasteiger partial charge in [0.05, 0.1) is 11.2 Å². The number of anilines is 1. The molecule has 0 saturated heterocycles. The Bertz CT molecular complexity index is 405. The molecule has 2 heterocycles. The van der Waals surface area contributed by atoms with E-state index in [0.29, 0.717) is 0 Å². The Morgan fingerprint density at radius 2 is 2.33 bits per heavy atom. The fourth-order valence-electron chi connectivity index (χ4n) is 1.14. The van der Waals surface area contributed by atoms with Gasteiger partial charge in [0.25, 0.3) is 0 Å². The number of pyridine rings is 1. The number of nitrogen functional groups attached to an aromatic ring is 1. The second-order valence-electron chi connectivity index (χ2n) is 2.53. The fourth-order valence-corrected chi connectivity index (χ4v) is 1.14. The van der Waals surface area contributed by atoms with Crippen molar-refractivity contribution in [1.29, 1.82) is 0 Å². The molecule has 0 unspecified atom stereocenters. The summed E-state index contributed by atoms with van der Waals surface area (Å²) in [6.45, 7) is 1.91. The predicted octanol–water partition coefficient (Wildman–Crippen LogP) is 0.323. The largest absolute Gasteiger partial charge is 0.308 e. The zero-order chi connectivity index (χ0) is 8.55. The van der Waals surface area contributed by atoms with E-state index >= 15 is 0 Å². The monoisotopic (exact) mass is 163 g/mol. The number of fused-ring (bicyclic) bond motifs is 1. The van der Waals surface area contributed by atoms with Gasteiger partial charge in [0.15, 0.2) is 0 Å². The van der Waals surface area contributed by atoms with E-state index in [2.05, 4.69) is 15.7 Å². The minimum atomic E-state index is 0.730. The number of hydrazine groups is 1. The van der Waals surface area contributed by atoms with Gasteiger partial charge in [0.2, 0.25) is 0 Å². The van der Waals surface area contributed by atoms with Crippen molar-refractivity contribution in [2.24, 2.45) is 5.84 Å². The molecule has 0 aromatic carbocycles. The molecule has 12 heavy (non-hydrogen) atoms. The summed E-state index contributed by atoms with van der Waals surface area (Å²) in [6.07, 6.45) is 0. The highest BCUT2D eigenvalue weighted by molar-refractivity contribution is 5.55. The maximum absolute atomic E-state index is 5.29. The minimum Gasteiger partial charge on any atom is -0.308 e. The highest BCUT2D eigenvalue weighted by Crippen LogP contribution is 2.11. The van der Waals surface area contributed by atoms with E-state index in [1.54, 1.807) is 4.52 Å². The molecule has 2 rings (SSSR count). The molecule has 2 aromatic heterocycles. The Morgan fingerprint density at radius 1 is 1.50 bits per heavy atom. The van der Waals surface area contributed by atoms with Crippen LogP contribution in [-0.2, 0) is 0 Å². The van der Waals surface area contributed by atoms with E-state index < -0.39 is 0 Å². The van der Waals surface area contributed by atoms with Crippen LogP contribution in [-0.4, -0.2) is 14.8 Å².